The second-order valence-corrected chi connectivity index (χ2v) is 13.5. The van der Waals surface area contributed by atoms with Gasteiger partial charge in [-0.2, -0.15) is 16.8 Å². The summed E-state index contributed by atoms with van der Waals surface area (Å²) >= 11 is 0. The van der Waals surface area contributed by atoms with Crippen molar-refractivity contribution in [1.82, 2.24) is 12.3 Å². The second-order valence-electron chi connectivity index (χ2n) is 10.8. The van der Waals surface area contributed by atoms with Crippen LogP contribution in [0, 0.1) is 11.8 Å². The van der Waals surface area contributed by atoms with Gasteiger partial charge in [-0.3, -0.25) is 9.11 Å². The summed E-state index contributed by atoms with van der Waals surface area (Å²) in [5.41, 5.74) is 1.09. The van der Waals surface area contributed by atoms with Gasteiger partial charge >= 0.3 is 0 Å². The van der Waals surface area contributed by atoms with E-state index >= 15 is 0 Å². The molecule has 2 rings (SSSR count). The highest BCUT2D eigenvalue weighted by Crippen LogP contribution is 2.38. The average Bonchev–Trinajstić information content (AvgIpc) is 2.76. The van der Waals surface area contributed by atoms with Crippen LogP contribution >= 0.6 is 0 Å². The molecular weight excluding hydrogens is 524 g/mol. The maximum Gasteiger partial charge on any atom is 0.296 e. The van der Waals surface area contributed by atoms with E-state index in [-0.39, 0.29) is 17.7 Å². The van der Waals surface area contributed by atoms with E-state index in [0.717, 1.165) is 56.9 Å². The van der Waals surface area contributed by atoms with Crippen LogP contribution in [0.1, 0.15) is 103 Å². The lowest BCUT2D eigenvalue weighted by Gasteiger charge is -2.20. The van der Waals surface area contributed by atoms with Crippen molar-refractivity contribution >= 4 is 31.0 Å². The lowest BCUT2D eigenvalue weighted by atomic mass is 9.91. The van der Waals surface area contributed by atoms with Crippen molar-refractivity contribution in [2.45, 2.75) is 115 Å². The summed E-state index contributed by atoms with van der Waals surface area (Å²) in [5.74, 6) is 1.28. The standard InChI is InChI=1S/C28H44O6S2.2H3N/c1-21(2)15-9-5-7-11-17-23-24-18-13-14-20-26(24)28(36(32,33)34)27(35(29,30)31)25(23)19-12-8-6-10-16-22(3)4;;/h13-14,18,20-22H,5-12,15-17,19H2,1-4H3,(H,29,30,31)(H,32,33,34);2*1H3. The Hall–Kier alpha value is -1.56. The van der Waals surface area contributed by atoms with E-state index in [1.807, 2.05) is 0 Å². The van der Waals surface area contributed by atoms with E-state index in [9.17, 15) is 25.9 Å². The Bertz CT molecular complexity index is 1210. The summed E-state index contributed by atoms with van der Waals surface area (Å²) in [4.78, 5) is -1.36. The first-order valence-corrected chi connectivity index (χ1v) is 16.2. The minimum atomic E-state index is -4.91. The molecule has 0 radical (unpaired) electrons. The highest BCUT2D eigenvalue weighted by atomic mass is 32.2. The molecule has 38 heavy (non-hydrogen) atoms. The molecule has 0 amide bonds. The predicted octanol–water partition coefficient (Wildman–Crippen LogP) is 7.96. The van der Waals surface area contributed by atoms with Crippen molar-refractivity contribution < 1.29 is 25.9 Å². The second kappa shape index (κ2) is 16.5. The molecule has 0 fully saturated rings. The molecule has 8 N–H and O–H groups in total. The summed E-state index contributed by atoms with van der Waals surface area (Å²) in [7, 11) is -9.82. The molecule has 0 saturated heterocycles. The summed E-state index contributed by atoms with van der Waals surface area (Å²) in [5, 5.41) is 0.748. The van der Waals surface area contributed by atoms with Crippen LogP contribution in [0.5, 0.6) is 0 Å². The number of benzene rings is 2. The van der Waals surface area contributed by atoms with E-state index < -0.39 is 30.0 Å². The van der Waals surface area contributed by atoms with E-state index in [1.54, 1.807) is 18.2 Å². The normalized spacial score (nSPS) is 12.1. The molecule has 10 heteroatoms. The van der Waals surface area contributed by atoms with Crippen molar-refractivity contribution in [2.24, 2.45) is 11.8 Å². The van der Waals surface area contributed by atoms with Crippen molar-refractivity contribution in [3.05, 3.63) is 35.4 Å². The lowest BCUT2D eigenvalue weighted by Crippen LogP contribution is -2.15. The minimum Gasteiger partial charge on any atom is -0.344 e. The molecule has 0 heterocycles. The molecule has 0 spiro atoms. The monoisotopic (exact) mass is 574 g/mol. The fourth-order valence-electron chi connectivity index (χ4n) is 5.00. The van der Waals surface area contributed by atoms with Crippen molar-refractivity contribution in [3.8, 4) is 0 Å². The zero-order chi connectivity index (χ0) is 26.9. The Labute approximate surface area is 230 Å². The van der Waals surface area contributed by atoms with Gasteiger partial charge in [-0.05, 0) is 54.0 Å². The molecule has 0 aromatic heterocycles. The fourth-order valence-corrected chi connectivity index (χ4v) is 7.32. The maximum atomic E-state index is 12.6. The number of rotatable bonds is 16. The van der Waals surface area contributed by atoms with Crippen molar-refractivity contribution in [1.29, 1.82) is 0 Å². The molecule has 0 unspecified atom stereocenters. The van der Waals surface area contributed by atoms with Crippen LogP contribution < -0.4 is 12.3 Å². The van der Waals surface area contributed by atoms with Gasteiger partial charge in [0.15, 0.2) is 0 Å². The molecule has 0 saturated carbocycles. The number of unbranched alkanes of at least 4 members (excludes halogenated alkanes) is 6. The van der Waals surface area contributed by atoms with Gasteiger partial charge in [-0.1, -0.05) is 103 Å². The zero-order valence-corrected chi connectivity index (χ0v) is 25.3. The lowest BCUT2D eigenvalue weighted by molar-refractivity contribution is 0.465. The van der Waals surface area contributed by atoms with Gasteiger partial charge in [0.2, 0.25) is 0 Å². The Kier molecular flexibility index (Phi) is 15.8. The van der Waals surface area contributed by atoms with Gasteiger partial charge in [0, 0.05) is 5.39 Å². The topological polar surface area (TPSA) is 179 Å². The van der Waals surface area contributed by atoms with Gasteiger partial charge in [-0.25, -0.2) is 0 Å². The van der Waals surface area contributed by atoms with Crippen LogP contribution in [0.2, 0.25) is 0 Å². The number of hydrogen-bond acceptors (Lipinski definition) is 6. The van der Waals surface area contributed by atoms with E-state index in [2.05, 4.69) is 27.7 Å². The van der Waals surface area contributed by atoms with Crippen LogP contribution in [0.4, 0.5) is 0 Å². The first-order valence-electron chi connectivity index (χ1n) is 13.4. The Morgan fingerprint density at radius 3 is 1.39 bits per heavy atom. The predicted molar refractivity (Wildman–Crippen MR) is 157 cm³/mol. The van der Waals surface area contributed by atoms with Crippen LogP contribution in [0.25, 0.3) is 10.8 Å². The smallest absolute Gasteiger partial charge is 0.296 e. The fraction of sp³-hybridized carbons (Fsp3) is 0.643. The van der Waals surface area contributed by atoms with Crippen LogP contribution in [-0.2, 0) is 33.1 Å². The SMILES string of the molecule is CC(C)CCCCCCc1c(S(=O)(=O)O)c(S(=O)(=O)O)c2ccccc2c1CCCCCCC(C)C.N.N. The third-order valence-corrected chi connectivity index (χ3v) is 8.81. The Balaban J connectivity index is 0.00000684. The first-order chi connectivity index (χ1) is 16.8. The molecule has 0 atom stereocenters. The van der Waals surface area contributed by atoms with Gasteiger partial charge < -0.3 is 12.3 Å². The maximum absolute atomic E-state index is 12.6. The Morgan fingerprint density at radius 2 is 0.974 bits per heavy atom. The van der Waals surface area contributed by atoms with Gasteiger partial charge in [0.25, 0.3) is 20.2 Å². The van der Waals surface area contributed by atoms with E-state index in [4.69, 9.17) is 0 Å². The van der Waals surface area contributed by atoms with Crippen LogP contribution in [0.15, 0.2) is 34.1 Å². The van der Waals surface area contributed by atoms with Gasteiger partial charge in [-0.15, -0.1) is 0 Å². The largest absolute Gasteiger partial charge is 0.344 e. The third kappa shape index (κ3) is 10.9. The molecule has 0 aliphatic heterocycles. The van der Waals surface area contributed by atoms with Gasteiger partial charge in [0.1, 0.15) is 9.79 Å². The molecule has 2 aromatic carbocycles. The summed E-state index contributed by atoms with van der Waals surface area (Å²) in [6.45, 7) is 8.77. The molecular formula is C28H50N2O6S2. The number of fused-ring (bicyclic) bond motifs is 1. The van der Waals surface area contributed by atoms with Crippen LogP contribution in [-0.4, -0.2) is 25.9 Å². The quantitative estimate of drug-likeness (QED) is 0.115. The summed E-state index contributed by atoms with van der Waals surface area (Å²) in [6, 6.07) is 6.66. The highest BCUT2D eigenvalue weighted by Gasteiger charge is 2.32. The molecule has 0 bridgehead atoms. The Morgan fingerprint density at radius 1 is 0.579 bits per heavy atom. The summed E-state index contributed by atoms with van der Waals surface area (Å²) < 4.78 is 70.3. The molecule has 2 aromatic rings. The molecule has 0 aliphatic carbocycles. The zero-order valence-electron chi connectivity index (χ0n) is 23.7. The number of aryl methyl sites for hydroxylation is 1. The summed E-state index contributed by atoms with van der Waals surface area (Å²) in [6.07, 6.45) is 10.9. The van der Waals surface area contributed by atoms with E-state index in [0.29, 0.717) is 42.0 Å². The van der Waals surface area contributed by atoms with Crippen molar-refractivity contribution in [2.75, 3.05) is 0 Å². The molecule has 8 nitrogen and oxygen atoms in total. The van der Waals surface area contributed by atoms with Gasteiger partial charge in [0.05, 0.1) is 0 Å². The van der Waals surface area contributed by atoms with Crippen LogP contribution in [0.3, 0.4) is 0 Å². The highest BCUT2D eigenvalue weighted by molar-refractivity contribution is 7.89. The molecule has 220 valence electrons. The minimum absolute atomic E-state index is 0. The molecule has 0 aliphatic rings. The number of hydrogen-bond donors (Lipinski definition) is 4. The third-order valence-electron chi connectivity index (χ3n) is 6.77. The first kappa shape index (κ1) is 36.4. The average molecular weight is 575 g/mol. The van der Waals surface area contributed by atoms with Crippen molar-refractivity contribution in [3.63, 3.8) is 0 Å². The van der Waals surface area contributed by atoms with E-state index in [1.165, 1.54) is 12.5 Å².